The van der Waals surface area contributed by atoms with E-state index < -0.39 is 0 Å². The summed E-state index contributed by atoms with van der Waals surface area (Å²) < 4.78 is 0. The summed E-state index contributed by atoms with van der Waals surface area (Å²) in [5.41, 5.74) is 0. The van der Waals surface area contributed by atoms with Crippen LogP contribution >= 0.6 is 0 Å². The highest BCUT2D eigenvalue weighted by molar-refractivity contribution is 5.78. The SMILES string of the molecule is CC(C)C(=O)NC1CC2CC1CN2CCCN1CCN(C)CC1. The number of nitrogens with zero attached hydrogens (tertiary/aromatic N) is 3. The second-order valence-electron chi connectivity index (χ2n) is 8.15. The Morgan fingerprint density at radius 1 is 1.13 bits per heavy atom. The van der Waals surface area contributed by atoms with Gasteiger partial charge < -0.3 is 15.1 Å². The molecule has 23 heavy (non-hydrogen) atoms. The van der Waals surface area contributed by atoms with Crippen molar-refractivity contribution in [2.75, 3.05) is 52.9 Å². The lowest BCUT2D eigenvalue weighted by Crippen LogP contribution is -2.48. The molecule has 3 fully saturated rings. The highest BCUT2D eigenvalue weighted by atomic mass is 16.1. The van der Waals surface area contributed by atoms with E-state index in [0.717, 1.165) is 6.42 Å². The van der Waals surface area contributed by atoms with Crippen LogP contribution in [0.4, 0.5) is 0 Å². The molecule has 2 bridgehead atoms. The number of likely N-dealkylation sites (N-methyl/N-ethyl adjacent to an activating group) is 1. The summed E-state index contributed by atoms with van der Waals surface area (Å²) in [5.74, 6) is 1.02. The van der Waals surface area contributed by atoms with Crippen LogP contribution in [0.25, 0.3) is 0 Å². The summed E-state index contributed by atoms with van der Waals surface area (Å²) in [6.07, 6.45) is 3.74. The Hall–Kier alpha value is -0.650. The highest BCUT2D eigenvalue weighted by Gasteiger charge is 2.44. The van der Waals surface area contributed by atoms with Gasteiger partial charge in [-0.25, -0.2) is 0 Å². The fourth-order valence-electron chi connectivity index (χ4n) is 4.41. The van der Waals surface area contributed by atoms with E-state index in [9.17, 15) is 4.79 Å². The Morgan fingerprint density at radius 2 is 1.87 bits per heavy atom. The molecule has 3 rings (SSSR count). The summed E-state index contributed by atoms with van der Waals surface area (Å²) in [7, 11) is 2.22. The molecule has 3 aliphatic rings. The average Bonchev–Trinajstić information content (AvgIpc) is 3.09. The molecular weight excluding hydrogens is 288 g/mol. The number of piperidine rings is 1. The minimum absolute atomic E-state index is 0.105. The zero-order chi connectivity index (χ0) is 16.4. The lowest BCUT2D eigenvalue weighted by molar-refractivity contribution is -0.125. The standard InChI is InChI=1S/C18H34N4O/c1-14(2)18(23)19-17-12-16-11-15(17)13-22(16)6-4-5-21-9-7-20(3)8-10-21/h14-17H,4-13H2,1-3H3,(H,19,23). The van der Waals surface area contributed by atoms with Crippen molar-refractivity contribution >= 4 is 5.91 Å². The number of amides is 1. The molecule has 5 nitrogen and oxygen atoms in total. The smallest absolute Gasteiger partial charge is 0.222 e. The Morgan fingerprint density at radius 3 is 2.48 bits per heavy atom. The maximum Gasteiger partial charge on any atom is 0.222 e. The van der Waals surface area contributed by atoms with Crippen molar-refractivity contribution in [3.05, 3.63) is 0 Å². The van der Waals surface area contributed by atoms with Gasteiger partial charge in [0.25, 0.3) is 0 Å². The quantitative estimate of drug-likeness (QED) is 0.787. The lowest BCUT2D eigenvalue weighted by atomic mass is 10.0. The maximum absolute atomic E-state index is 11.9. The third-order valence-electron chi connectivity index (χ3n) is 6.02. The maximum atomic E-state index is 11.9. The van der Waals surface area contributed by atoms with Gasteiger partial charge in [0, 0.05) is 50.7 Å². The Labute approximate surface area is 141 Å². The number of likely N-dealkylation sites (tertiary alicyclic amines) is 1. The monoisotopic (exact) mass is 322 g/mol. The van der Waals surface area contributed by atoms with Crippen LogP contribution in [0.2, 0.25) is 0 Å². The molecular formula is C18H34N4O. The van der Waals surface area contributed by atoms with Crippen LogP contribution in [0.3, 0.4) is 0 Å². The van der Waals surface area contributed by atoms with Crippen molar-refractivity contribution in [1.29, 1.82) is 0 Å². The first-order chi connectivity index (χ1) is 11.0. The van der Waals surface area contributed by atoms with Gasteiger partial charge in [0.05, 0.1) is 0 Å². The van der Waals surface area contributed by atoms with E-state index in [-0.39, 0.29) is 11.8 Å². The van der Waals surface area contributed by atoms with Crippen LogP contribution in [-0.2, 0) is 4.79 Å². The molecule has 3 atom stereocenters. The van der Waals surface area contributed by atoms with E-state index in [4.69, 9.17) is 0 Å². The van der Waals surface area contributed by atoms with Crippen LogP contribution in [0.5, 0.6) is 0 Å². The van der Waals surface area contributed by atoms with E-state index >= 15 is 0 Å². The molecule has 1 amide bonds. The number of fused-ring (bicyclic) bond motifs is 2. The van der Waals surface area contributed by atoms with E-state index in [1.807, 2.05) is 13.8 Å². The fraction of sp³-hybridized carbons (Fsp3) is 0.944. The van der Waals surface area contributed by atoms with Crippen molar-refractivity contribution in [3.63, 3.8) is 0 Å². The molecule has 132 valence electrons. The predicted octanol–water partition coefficient (Wildman–Crippen LogP) is 0.859. The zero-order valence-electron chi connectivity index (χ0n) is 15.1. The largest absolute Gasteiger partial charge is 0.353 e. The van der Waals surface area contributed by atoms with Crippen molar-refractivity contribution in [1.82, 2.24) is 20.0 Å². The fourth-order valence-corrected chi connectivity index (χ4v) is 4.41. The van der Waals surface area contributed by atoms with Gasteiger partial charge in [-0.3, -0.25) is 9.69 Å². The molecule has 1 saturated carbocycles. The number of nitrogens with one attached hydrogen (secondary N) is 1. The molecule has 2 saturated heterocycles. The third kappa shape index (κ3) is 4.25. The first-order valence-electron chi connectivity index (χ1n) is 9.48. The normalized spacial score (nSPS) is 32.8. The Balaban J connectivity index is 1.34. The van der Waals surface area contributed by atoms with Crippen LogP contribution in [0.1, 0.15) is 33.1 Å². The second kappa shape index (κ2) is 7.49. The van der Waals surface area contributed by atoms with E-state index in [1.54, 1.807) is 0 Å². The first-order valence-corrected chi connectivity index (χ1v) is 9.48. The minimum atomic E-state index is 0.105. The number of hydrogen-bond acceptors (Lipinski definition) is 4. The van der Waals surface area contributed by atoms with Gasteiger partial charge in [0.15, 0.2) is 0 Å². The molecule has 1 N–H and O–H groups in total. The third-order valence-corrected chi connectivity index (χ3v) is 6.02. The molecule has 0 aromatic heterocycles. The summed E-state index contributed by atoms with van der Waals surface area (Å²) in [5, 5.41) is 3.26. The van der Waals surface area contributed by atoms with E-state index in [1.165, 1.54) is 58.7 Å². The summed E-state index contributed by atoms with van der Waals surface area (Å²) in [6.45, 7) is 12.5. The first kappa shape index (κ1) is 17.2. The van der Waals surface area contributed by atoms with Crippen LogP contribution in [-0.4, -0.2) is 85.6 Å². The Bertz CT molecular complexity index is 406. The Kier molecular flexibility index (Phi) is 5.60. The average molecular weight is 322 g/mol. The summed E-state index contributed by atoms with van der Waals surface area (Å²) in [6, 6.07) is 1.15. The number of carbonyl (C=O) groups is 1. The molecule has 3 unspecified atom stereocenters. The van der Waals surface area contributed by atoms with Gasteiger partial charge in [-0.05, 0) is 45.3 Å². The number of rotatable bonds is 6. The van der Waals surface area contributed by atoms with Gasteiger partial charge in [-0.15, -0.1) is 0 Å². The number of carbonyl (C=O) groups excluding carboxylic acids is 1. The van der Waals surface area contributed by atoms with Crippen LogP contribution < -0.4 is 5.32 Å². The van der Waals surface area contributed by atoms with Crippen LogP contribution in [0, 0.1) is 11.8 Å². The summed E-state index contributed by atoms with van der Waals surface area (Å²) in [4.78, 5) is 19.6. The number of piperazine rings is 1. The van der Waals surface area contributed by atoms with Gasteiger partial charge >= 0.3 is 0 Å². The van der Waals surface area contributed by atoms with Crippen LogP contribution in [0.15, 0.2) is 0 Å². The van der Waals surface area contributed by atoms with Crippen molar-refractivity contribution in [3.8, 4) is 0 Å². The van der Waals surface area contributed by atoms with Crippen molar-refractivity contribution in [2.45, 2.75) is 45.2 Å². The van der Waals surface area contributed by atoms with Gasteiger partial charge in [-0.1, -0.05) is 13.8 Å². The predicted molar refractivity (Wildman–Crippen MR) is 93.4 cm³/mol. The van der Waals surface area contributed by atoms with Crippen molar-refractivity contribution < 1.29 is 4.79 Å². The highest BCUT2D eigenvalue weighted by Crippen LogP contribution is 2.37. The minimum Gasteiger partial charge on any atom is -0.353 e. The number of hydrogen-bond donors (Lipinski definition) is 1. The summed E-state index contributed by atoms with van der Waals surface area (Å²) >= 11 is 0. The van der Waals surface area contributed by atoms with E-state index in [2.05, 4.69) is 27.1 Å². The molecule has 0 spiro atoms. The molecule has 2 heterocycles. The molecule has 0 aromatic carbocycles. The molecule has 0 radical (unpaired) electrons. The second-order valence-corrected chi connectivity index (χ2v) is 8.15. The molecule has 1 aliphatic carbocycles. The van der Waals surface area contributed by atoms with E-state index in [0.29, 0.717) is 18.0 Å². The molecule has 2 aliphatic heterocycles. The molecule has 5 heteroatoms. The van der Waals surface area contributed by atoms with Gasteiger partial charge in [0.2, 0.25) is 5.91 Å². The van der Waals surface area contributed by atoms with Gasteiger partial charge in [-0.2, -0.15) is 0 Å². The van der Waals surface area contributed by atoms with Crippen molar-refractivity contribution in [2.24, 2.45) is 11.8 Å². The van der Waals surface area contributed by atoms with Gasteiger partial charge in [0.1, 0.15) is 0 Å². The zero-order valence-corrected chi connectivity index (χ0v) is 15.1. The topological polar surface area (TPSA) is 38.8 Å². The molecule has 0 aromatic rings. The lowest BCUT2D eigenvalue weighted by Gasteiger charge is -2.34.